The summed E-state index contributed by atoms with van der Waals surface area (Å²) in [4.78, 5) is 19.1. The average Bonchev–Trinajstić information content (AvgIpc) is 3.35. The highest BCUT2D eigenvalue weighted by Crippen LogP contribution is 2.22. The predicted molar refractivity (Wildman–Crippen MR) is 97.3 cm³/mol. The van der Waals surface area contributed by atoms with Crippen molar-refractivity contribution in [2.75, 3.05) is 5.32 Å². The highest BCUT2D eigenvalue weighted by atomic mass is 32.1. The lowest BCUT2D eigenvalue weighted by molar-refractivity contribution is 0.102. The van der Waals surface area contributed by atoms with E-state index < -0.39 is 0 Å². The van der Waals surface area contributed by atoms with Gasteiger partial charge in [0.15, 0.2) is 11.6 Å². The van der Waals surface area contributed by atoms with Crippen LogP contribution in [0, 0.1) is 5.82 Å². The molecule has 2 aromatic heterocycles. The van der Waals surface area contributed by atoms with Gasteiger partial charge in [0.05, 0.1) is 5.51 Å². The van der Waals surface area contributed by atoms with Crippen LogP contribution in [0.3, 0.4) is 0 Å². The largest absolute Gasteiger partial charge is 0.321 e. The second-order valence-corrected chi connectivity index (χ2v) is 6.15. The Morgan fingerprint density at radius 1 is 0.962 bits per heavy atom. The minimum atomic E-state index is -0.302. The molecular weight excluding hydrogens is 353 g/mol. The fourth-order valence-corrected chi connectivity index (χ4v) is 2.89. The maximum Gasteiger partial charge on any atom is 0.275 e. The van der Waals surface area contributed by atoms with E-state index in [0.717, 1.165) is 11.1 Å². The van der Waals surface area contributed by atoms with E-state index in [1.165, 1.54) is 23.5 Å². The topological polar surface area (TPSA) is 83.6 Å². The summed E-state index contributed by atoms with van der Waals surface area (Å²) in [6.45, 7) is 0. The maximum atomic E-state index is 13.0. The number of hydrogen-bond donors (Lipinski definition) is 2. The normalized spacial score (nSPS) is 10.7. The average molecular weight is 365 g/mol. The number of carbonyl (C=O) groups is 1. The number of benzene rings is 2. The van der Waals surface area contributed by atoms with Gasteiger partial charge in [-0.1, -0.05) is 0 Å². The molecular formula is C18H12FN5OS. The molecule has 26 heavy (non-hydrogen) atoms. The molecule has 0 bridgehead atoms. The Morgan fingerprint density at radius 3 is 2.15 bits per heavy atom. The molecule has 1 amide bonds. The monoisotopic (exact) mass is 365 g/mol. The van der Waals surface area contributed by atoms with Gasteiger partial charge in [-0.2, -0.15) is 0 Å². The second kappa shape index (κ2) is 6.85. The molecule has 0 aliphatic rings. The molecule has 0 unspecified atom stereocenters. The number of amides is 1. The predicted octanol–water partition coefficient (Wildman–Crippen LogP) is 3.99. The van der Waals surface area contributed by atoms with Gasteiger partial charge in [-0.05, 0) is 48.5 Å². The third-order valence-electron chi connectivity index (χ3n) is 3.69. The third kappa shape index (κ3) is 3.35. The third-order valence-corrected chi connectivity index (χ3v) is 4.27. The van der Waals surface area contributed by atoms with E-state index in [1.54, 1.807) is 35.2 Å². The quantitative estimate of drug-likeness (QED) is 0.573. The molecule has 4 aromatic rings. The summed E-state index contributed by atoms with van der Waals surface area (Å²) in [5, 5.41) is 12.7. The lowest BCUT2D eigenvalue weighted by Crippen LogP contribution is -2.11. The van der Waals surface area contributed by atoms with Crippen molar-refractivity contribution in [3.8, 4) is 22.8 Å². The Kier molecular flexibility index (Phi) is 4.24. The van der Waals surface area contributed by atoms with Crippen LogP contribution in [0.4, 0.5) is 10.1 Å². The number of thiazole rings is 1. The number of hydrogen-bond acceptors (Lipinski definition) is 5. The summed E-state index contributed by atoms with van der Waals surface area (Å²) >= 11 is 1.37. The number of anilines is 1. The van der Waals surface area contributed by atoms with Crippen molar-refractivity contribution >= 4 is 22.9 Å². The van der Waals surface area contributed by atoms with Gasteiger partial charge in [0.2, 0.25) is 0 Å². The van der Waals surface area contributed by atoms with Crippen molar-refractivity contribution in [2.24, 2.45) is 0 Å². The molecule has 8 heteroatoms. The van der Waals surface area contributed by atoms with Crippen molar-refractivity contribution in [3.05, 3.63) is 70.9 Å². The van der Waals surface area contributed by atoms with Crippen LogP contribution in [0.25, 0.3) is 22.8 Å². The molecule has 0 aliphatic heterocycles. The van der Waals surface area contributed by atoms with Crippen LogP contribution in [-0.2, 0) is 0 Å². The highest BCUT2D eigenvalue weighted by molar-refractivity contribution is 7.07. The molecule has 0 fully saturated rings. The van der Waals surface area contributed by atoms with Crippen molar-refractivity contribution < 1.29 is 9.18 Å². The van der Waals surface area contributed by atoms with Gasteiger partial charge in [0.1, 0.15) is 11.5 Å². The van der Waals surface area contributed by atoms with E-state index >= 15 is 0 Å². The van der Waals surface area contributed by atoms with E-state index in [0.29, 0.717) is 23.0 Å². The van der Waals surface area contributed by atoms with Crippen LogP contribution < -0.4 is 5.32 Å². The van der Waals surface area contributed by atoms with Crippen molar-refractivity contribution in [2.45, 2.75) is 0 Å². The number of nitrogens with zero attached hydrogens (tertiary/aromatic N) is 3. The van der Waals surface area contributed by atoms with Crippen molar-refractivity contribution in [3.63, 3.8) is 0 Å². The van der Waals surface area contributed by atoms with E-state index in [4.69, 9.17) is 0 Å². The van der Waals surface area contributed by atoms with Crippen molar-refractivity contribution in [1.82, 2.24) is 20.2 Å². The zero-order valence-electron chi connectivity index (χ0n) is 13.3. The molecule has 0 saturated carbocycles. The summed E-state index contributed by atoms with van der Waals surface area (Å²) in [7, 11) is 0. The molecule has 0 saturated heterocycles. The Balaban J connectivity index is 1.50. The van der Waals surface area contributed by atoms with Gasteiger partial charge in [0.25, 0.3) is 5.91 Å². The Labute approximate surface area is 151 Å². The molecule has 0 aliphatic carbocycles. The van der Waals surface area contributed by atoms with Crippen LogP contribution >= 0.6 is 11.3 Å². The van der Waals surface area contributed by atoms with Crippen LogP contribution in [0.15, 0.2) is 59.4 Å². The molecule has 0 spiro atoms. The Hall–Kier alpha value is -3.39. The smallest absolute Gasteiger partial charge is 0.275 e. The van der Waals surface area contributed by atoms with Gasteiger partial charge in [0, 0.05) is 22.2 Å². The van der Waals surface area contributed by atoms with Crippen LogP contribution in [0.2, 0.25) is 0 Å². The number of H-pyrrole nitrogens is 1. The van der Waals surface area contributed by atoms with Crippen LogP contribution in [0.5, 0.6) is 0 Å². The second-order valence-electron chi connectivity index (χ2n) is 5.43. The number of carbonyl (C=O) groups excluding carboxylic acids is 1. The summed E-state index contributed by atoms with van der Waals surface area (Å²) in [5.74, 6) is 0.587. The fourth-order valence-electron chi connectivity index (χ4n) is 2.36. The summed E-state index contributed by atoms with van der Waals surface area (Å²) < 4.78 is 13.0. The summed E-state index contributed by atoms with van der Waals surface area (Å²) in [6, 6.07) is 13.2. The number of aromatic nitrogens is 4. The van der Waals surface area contributed by atoms with E-state index in [1.807, 2.05) is 12.1 Å². The van der Waals surface area contributed by atoms with Gasteiger partial charge in [-0.25, -0.2) is 9.37 Å². The maximum absolute atomic E-state index is 13.0. The SMILES string of the molecule is O=C(Nc1ccc(-c2nnc(-c3ccc(F)cc3)[nH]2)cc1)c1cscn1. The van der Waals surface area contributed by atoms with Crippen molar-refractivity contribution in [1.29, 1.82) is 0 Å². The molecule has 2 heterocycles. The molecule has 6 nitrogen and oxygen atoms in total. The first-order chi connectivity index (χ1) is 12.7. The molecule has 2 N–H and O–H groups in total. The van der Waals surface area contributed by atoms with Crippen LogP contribution in [0.1, 0.15) is 10.5 Å². The lowest BCUT2D eigenvalue weighted by Gasteiger charge is -2.04. The number of rotatable bonds is 4. The summed E-state index contributed by atoms with van der Waals surface area (Å²) in [5.41, 5.74) is 4.22. The minimum absolute atomic E-state index is 0.253. The first-order valence-corrected chi connectivity index (χ1v) is 8.62. The van der Waals surface area contributed by atoms with Crippen LogP contribution in [-0.4, -0.2) is 26.1 Å². The van der Waals surface area contributed by atoms with Gasteiger partial charge >= 0.3 is 0 Å². The van der Waals surface area contributed by atoms with Gasteiger partial charge in [-0.3, -0.25) is 4.79 Å². The first kappa shape index (κ1) is 16.1. The minimum Gasteiger partial charge on any atom is -0.321 e. The van der Waals surface area contributed by atoms with E-state index in [2.05, 4.69) is 25.5 Å². The Bertz CT molecular complexity index is 1030. The Morgan fingerprint density at radius 2 is 1.58 bits per heavy atom. The molecule has 0 radical (unpaired) electrons. The number of halogens is 1. The van der Waals surface area contributed by atoms with E-state index in [9.17, 15) is 9.18 Å². The van der Waals surface area contributed by atoms with Gasteiger partial charge in [-0.15, -0.1) is 21.5 Å². The molecule has 4 rings (SSSR count). The zero-order valence-corrected chi connectivity index (χ0v) is 14.1. The zero-order chi connectivity index (χ0) is 17.9. The van der Waals surface area contributed by atoms with Gasteiger partial charge < -0.3 is 10.3 Å². The number of aromatic amines is 1. The number of nitrogens with one attached hydrogen (secondary N) is 2. The standard InChI is InChI=1S/C18H12FN5OS/c19-13-5-1-11(2-6-13)16-22-17(24-23-16)12-3-7-14(8-4-12)21-18(25)15-9-26-10-20-15/h1-10H,(H,21,25)(H,22,23,24). The summed E-state index contributed by atoms with van der Waals surface area (Å²) in [6.07, 6.45) is 0. The lowest BCUT2D eigenvalue weighted by atomic mass is 10.2. The molecule has 0 atom stereocenters. The molecule has 2 aromatic carbocycles. The highest BCUT2D eigenvalue weighted by Gasteiger charge is 2.10. The fraction of sp³-hybridized carbons (Fsp3) is 0. The first-order valence-electron chi connectivity index (χ1n) is 7.67. The molecule has 128 valence electrons. The van der Waals surface area contributed by atoms with E-state index in [-0.39, 0.29) is 11.7 Å².